The van der Waals surface area contributed by atoms with Crippen LogP contribution in [0.3, 0.4) is 0 Å². The van der Waals surface area contributed by atoms with Crippen LogP contribution in [0.1, 0.15) is 24.3 Å². The first-order valence-corrected chi connectivity index (χ1v) is 8.73. The molecule has 4 heteroatoms. The van der Waals surface area contributed by atoms with E-state index in [1.807, 2.05) is 66.7 Å². The average Bonchev–Trinajstić information content (AvgIpc) is 2.64. The summed E-state index contributed by atoms with van der Waals surface area (Å²) in [7, 11) is 1.41. The molecule has 2 aromatic carbocycles. The maximum Gasteiger partial charge on any atom is 0.317 e. The molecule has 0 radical (unpaired) electrons. The Morgan fingerprint density at radius 1 is 1.12 bits per heavy atom. The molecule has 0 fully saturated rings. The summed E-state index contributed by atoms with van der Waals surface area (Å²) >= 11 is 1.62. The van der Waals surface area contributed by atoms with Gasteiger partial charge in [0.2, 0.25) is 0 Å². The van der Waals surface area contributed by atoms with Gasteiger partial charge >= 0.3 is 5.97 Å². The van der Waals surface area contributed by atoms with Crippen molar-refractivity contribution in [2.75, 3.05) is 13.7 Å². The number of benzene rings is 2. The minimum atomic E-state index is -0.443. The molecule has 2 rings (SSSR count). The molecule has 24 heavy (non-hydrogen) atoms. The first-order valence-electron chi connectivity index (χ1n) is 7.92. The molecule has 126 valence electrons. The van der Waals surface area contributed by atoms with Crippen molar-refractivity contribution in [1.29, 1.82) is 0 Å². The molecular weight excluding hydrogens is 320 g/mol. The van der Waals surface area contributed by atoms with Crippen molar-refractivity contribution < 1.29 is 14.6 Å². The van der Waals surface area contributed by atoms with Crippen LogP contribution in [0.5, 0.6) is 0 Å². The van der Waals surface area contributed by atoms with E-state index in [2.05, 4.69) is 0 Å². The van der Waals surface area contributed by atoms with Crippen LogP contribution in [-0.4, -0.2) is 24.8 Å². The minimum Gasteiger partial charge on any atom is -0.468 e. The van der Waals surface area contributed by atoms with E-state index in [-0.39, 0.29) is 12.6 Å². The summed E-state index contributed by atoms with van der Waals surface area (Å²) < 4.78 is 4.98. The van der Waals surface area contributed by atoms with Crippen LogP contribution in [0.2, 0.25) is 0 Å². The van der Waals surface area contributed by atoms with E-state index in [1.165, 1.54) is 7.11 Å². The second-order valence-corrected chi connectivity index (χ2v) is 6.49. The van der Waals surface area contributed by atoms with Crippen molar-refractivity contribution in [2.45, 2.75) is 23.7 Å². The molecule has 1 atom stereocenters. The number of esters is 1. The molecule has 0 saturated carbocycles. The number of carbonyl (C=O) groups is 1. The van der Waals surface area contributed by atoms with Crippen LogP contribution in [0.15, 0.2) is 76.5 Å². The van der Waals surface area contributed by atoms with Crippen molar-refractivity contribution in [3.05, 3.63) is 77.2 Å². The van der Waals surface area contributed by atoms with E-state index < -0.39 is 5.92 Å². The summed E-state index contributed by atoms with van der Waals surface area (Å²) in [4.78, 5) is 14.4. The monoisotopic (exact) mass is 342 g/mol. The molecule has 3 nitrogen and oxygen atoms in total. The SMILES string of the molecule is COC(=O)C(/C=C(\CCCO)Sc1ccccc1)c1ccccc1. The zero-order valence-electron chi connectivity index (χ0n) is 13.7. The summed E-state index contributed by atoms with van der Waals surface area (Å²) in [5.41, 5.74) is 0.902. The average molecular weight is 342 g/mol. The summed E-state index contributed by atoms with van der Waals surface area (Å²) in [6.45, 7) is 0.126. The highest BCUT2D eigenvalue weighted by atomic mass is 32.2. The topological polar surface area (TPSA) is 46.5 Å². The highest BCUT2D eigenvalue weighted by Gasteiger charge is 2.20. The van der Waals surface area contributed by atoms with Crippen LogP contribution in [0.4, 0.5) is 0 Å². The normalized spacial score (nSPS) is 12.7. The molecule has 0 saturated heterocycles. The van der Waals surface area contributed by atoms with Gasteiger partial charge < -0.3 is 9.84 Å². The second-order valence-electron chi connectivity index (χ2n) is 5.29. The third-order valence-corrected chi connectivity index (χ3v) is 4.65. The Bertz CT molecular complexity index is 653. The van der Waals surface area contributed by atoms with E-state index in [0.717, 1.165) is 21.8 Å². The van der Waals surface area contributed by atoms with Gasteiger partial charge in [0, 0.05) is 11.5 Å². The Morgan fingerprint density at radius 2 is 1.75 bits per heavy atom. The van der Waals surface area contributed by atoms with Crippen molar-refractivity contribution >= 4 is 17.7 Å². The lowest BCUT2D eigenvalue weighted by Gasteiger charge is -2.14. The number of allylic oxidation sites excluding steroid dienone is 1. The number of rotatable bonds is 8. The molecule has 0 spiro atoms. The van der Waals surface area contributed by atoms with Gasteiger partial charge in [0.05, 0.1) is 7.11 Å². The van der Waals surface area contributed by atoms with Gasteiger partial charge in [0.25, 0.3) is 0 Å². The lowest BCUT2D eigenvalue weighted by atomic mass is 9.98. The highest BCUT2D eigenvalue weighted by Crippen LogP contribution is 2.33. The zero-order chi connectivity index (χ0) is 17.2. The maximum atomic E-state index is 12.2. The van der Waals surface area contributed by atoms with E-state index in [1.54, 1.807) is 11.8 Å². The van der Waals surface area contributed by atoms with Gasteiger partial charge in [0.15, 0.2) is 0 Å². The third kappa shape index (κ3) is 5.55. The van der Waals surface area contributed by atoms with Crippen molar-refractivity contribution in [2.24, 2.45) is 0 Å². The van der Waals surface area contributed by atoms with Crippen LogP contribution in [0.25, 0.3) is 0 Å². The zero-order valence-corrected chi connectivity index (χ0v) is 14.5. The number of thioether (sulfide) groups is 1. The summed E-state index contributed by atoms with van der Waals surface area (Å²) in [5.74, 6) is -0.725. The van der Waals surface area contributed by atoms with Crippen LogP contribution in [0, 0.1) is 0 Å². The van der Waals surface area contributed by atoms with Crippen LogP contribution < -0.4 is 0 Å². The maximum absolute atomic E-state index is 12.2. The number of aliphatic hydroxyl groups is 1. The molecule has 0 heterocycles. The van der Waals surface area contributed by atoms with Gasteiger partial charge in [-0.1, -0.05) is 66.4 Å². The standard InChI is InChI=1S/C20H22O3S/c1-23-20(22)19(16-9-4-2-5-10-16)15-18(13-8-14-21)24-17-11-6-3-7-12-17/h2-7,9-12,15,19,21H,8,13-14H2,1H3/b18-15+. The fourth-order valence-electron chi connectivity index (χ4n) is 2.34. The Morgan fingerprint density at radius 3 is 2.33 bits per heavy atom. The van der Waals surface area contributed by atoms with E-state index in [4.69, 9.17) is 9.84 Å². The number of methoxy groups -OCH3 is 1. The Hall–Kier alpha value is -2.04. The first-order chi connectivity index (χ1) is 11.7. The summed E-state index contributed by atoms with van der Waals surface area (Å²) in [6, 6.07) is 19.6. The van der Waals surface area contributed by atoms with E-state index in [9.17, 15) is 4.79 Å². The molecule has 0 aliphatic carbocycles. The smallest absolute Gasteiger partial charge is 0.317 e. The van der Waals surface area contributed by atoms with E-state index in [0.29, 0.717) is 6.42 Å². The fraction of sp³-hybridized carbons (Fsp3) is 0.250. The first kappa shape index (κ1) is 18.3. The molecule has 0 amide bonds. The van der Waals surface area contributed by atoms with Gasteiger partial charge in [-0.05, 0) is 35.4 Å². The summed E-state index contributed by atoms with van der Waals surface area (Å²) in [5, 5.41) is 9.16. The Kier molecular flexibility index (Phi) is 7.59. The molecule has 0 aliphatic heterocycles. The molecule has 0 aliphatic rings. The van der Waals surface area contributed by atoms with Gasteiger partial charge in [-0.2, -0.15) is 0 Å². The molecular formula is C20H22O3S. The van der Waals surface area contributed by atoms with Crippen LogP contribution >= 0.6 is 11.8 Å². The predicted molar refractivity (Wildman–Crippen MR) is 97.9 cm³/mol. The van der Waals surface area contributed by atoms with Crippen molar-refractivity contribution in [1.82, 2.24) is 0 Å². The van der Waals surface area contributed by atoms with Gasteiger partial charge in [-0.3, -0.25) is 4.79 Å². The molecule has 2 aromatic rings. The Balaban J connectivity index is 2.30. The van der Waals surface area contributed by atoms with Gasteiger partial charge in [-0.15, -0.1) is 0 Å². The van der Waals surface area contributed by atoms with Crippen LogP contribution in [-0.2, 0) is 9.53 Å². The van der Waals surface area contributed by atoms with Crippen molar-refractivity contribution in [3.8, 4) is 0 Å². The third-order valence-electron chi connectivity index (χ3n) is 3.54. The predicted octanol–water partition coefficient (Wildman–Crippen LogP) is 4.39. The minimum absolute atomic E-state index is 0.126. The largest absolute Gasteiger partial charge is 0.468 e. The van der Waals surface area contributed by atoms with Crippen molar-refractivity contribution in [3.63, 3.8) is 0 Å². The summed E-state index contributed by atoms with van der Waals surface area (Å²) in [6.07, 6.45) is 3.33. The number of hydrogen-bond donors (Lipinski definition) is 1. The van der Waals surface area contributed by atoms with Gasteiger partial charge in [0.1, 0.15) is 5.92 Å². The molecule has 0 bridgehead atoms. The van der Waals surface area contributed by atoms with E-state index >= 15 is 0 Å². The second kappa shape index (κ2) is 9.96. The number of ether oxygens (including phenoxy) is 1. The number of hydrogen-bond acceptors (Lipinski definition) is 4. The van der Waals surface area contributed by atoms with Gasteiger partial charge in [-0.25, -0.2) is 0 Å². The molecule has 1 N–H and O–H groups in total. The molecule has 1 unspecified atom stereocenters. The number of carbonyl (C=O) groups excluding carboxylic acids is 1. The Labute approximate surface area is 147 Å². The fourth-order valence-corrected chi connectivity index (χ4v) is 3.38. The quantitative estimate of drug-likeness (QED) is 0.571. The lowest BCUT2D eigenvalue weighted by molar-refractivity contribution is -0.141. The lowest BCUT2D eigenvalue weighted by Crippen LogP contribution is -2.12. The number of aliphatic hydroxyl groups excluding tert-OH is 1. The molecule has 0 aromatic heterocycles. The highest BCUT2D eigenvalue weighted by molar-refractivity contribution is 8.03.